The number of primary sulfonamides is 1. The van der Waals surface area contributed by atoms with E-state index in [0.717, 1.165) is 23.2 Å². The monoisotopic (exact) mass is 440 g/mol. The Labute approximate surface area is 183 Å². The third kappa shape index (κ3) is 4.52. The van der Waals surface area contributed by atoms with Crippen LogP contribution in [0.3, 0.4) is 0 Å². The molecule has 2 aromatic rings. The number of ether oxygens (including phenoxy) is 1. The van der Waals surface area contributed by atoms with Crippen LogP contribution < -0.4 is 10.5 Å². The molecule has 0 fully saturated rings. The molecule has 0 spiro atoms. The number of carbonyl (C=O) groups is 1. The molecular formula is C24H28N2O4S. The molecule has 7 heteroatoms. The predicted molar refractivity (Wildman–Crippen MR) is 120 cm³/mol. The molecule has 0 unspecified atom stereocenters. The van der Waals surface area contributed by atoms with Crippen molar-refractivity contribution in [3.8, 4) is 0 Å². The number of fused-ring (bicyclic) bond motifs is 3. The van der Waals surface area contributed by atoms with Crippen LogP contribution in [0, 0.1) is 11.3 Å². The summed E-state index contributed by atoms with van der Waals surface area (Å²) >= 11 is 0. The van der Waals surface area contributed by atoms with Crippen molar-refractivity contribution in [2.45, 2.75) is 44.0 Å². The van der Waals surface area contributed by atoms with E-state index in [-0.39, 0.29) is 34.2 Å². The van der Waals surface area contributed by atoms with Crippen LogP contribution in [0.1, 0.15) is 60.6 Å². The number of esters is 1. The summed E-state index contributed by atoms with van der Waals surface area (Å²) in [6, 6.07) is 12.6. The lowest BCUT2D eigenvalue weighted by atomic mass is 9.77. The standard InChI is InChI=1S/C24H28N2O4S/c1-24(2,3)14-30-23(27)16-9-7-15(8-10-16)22-19-6-4-5-18(19)20-13-17(31(25,28)29)11-12-21(20)26-22/h4-5,7-13,18-19,22,26H,6,14H2,1-3H3,(H2,25,28,29)/t18-,19+,22+/m0/s1. The van der Waals surface area contributed by atoms with Gasteiger partial charge in [0.05, 0.1) is 23.1 Å². The lowest BCUT2D eigenvalue weighted by Gasteiger charge is -2.37. The van der Waals surface area contributed by atoms with Crippen molar-refractivity contribution >= 4 is 21.7 Å². The summed E-state index contributed by atoms with van der Waals surface area (Å²) in [7, 11) is -3.75. The Bertz CT molecular complexity index is 1130. The molecule has 164 valence electrons. The van der Waals surface area contributed by atoms with E-state index in [1.165, 1.54) is 6.07 Å². The highest BCUT2D eigenvalue weighted by molar-refractivity contribution is 7.89. The molecule has 4 rings (SSSR count). The van der Waals surface area contributed by atoms with Gasteiger partial charge >= 0.3 is 5.97 Å². The molecule has 2 aromatic carbocycles. The molecule has 6 nitrogen and oxygen atoms in total. The van der Waals surface area contributed by atoms with Crippen molar-refractivity contribution in [3.63, 3.8) is 0 Å². The molecule has 3 atom stereocenters. The van der Waals surface area contributed by atoms with Crippen molar-refractivity contribution in [1.82, 2.24) is 0 Å². The van der Waals surface area contributed by atoms with Gasteiger partial charge in [-0.25, -0.2) is 18.4 Å². The number of benzene rings is 2. The number of rotatable bonds is 4. The van der Waals surface area contributed by atoms with Crippen molar-refractivity contribution in [1.29, 1.82) is 0 Å². The van der Waals surface area contributed by atoms with Gasteiger partial charge in [-0.2, -0.15) is 0 Å². The Morgan fingerprint density at radius 1 is 1.16 bits per heavy atom. The zero-order valence-corrected chi connectivity index (χ0v) is 18.8. The number of allylic oxidation sites excluding steroid dienone is 2. The van der Waals surface area contributed by atoms with Crippen molar-refractivity contribution in [3.05, 3.63) is 71.3 Å². The minimum atomic E-state index is -3.75. The predicted octanol–water partition coefficient (Wildman–Crippen LogP) is 4.36. The smallest absolute Gasteiger partial charge is 0.338 e. The zero-order valence-electron chi connectivity index (χ0n) is 18.0. The summed E-state index contributed by atoms with van der Waals surface area (Å²) < 4.78 is 29.0. The molecule has 2 aliphatic rings. The van der Waals surface area contributed by atoms with Gasteiger partial charge in [0.25, 0.3) is 0 Å². The van der Waals surface area contributed by atoms with Gasteiger partial charge in [-0.3, -0.25) is 0 Å². The maximum atomic E-state index is 12.3. The van der Waals surface area contributed by atoms with E-state index in [0.29, 0.717) is 12.2 Å². The molecule has 3 N–H and O–H groups in total. The van der Waals surface area contributed by atoms with E-state index in [1.807, 2.05) is 32.9 Å². The Morgan fingerprint density at radius 3 is 2.52 bits per heavy atom. The van der Waals surface area contributed by atoms with Gasteiger partial charge in [-0.1, -0.05) is 45.1 Å². The van der Waals surface area contributed by atoms with Crippen LogP contribution in [0.4, 0.5) is 5.69 Å². The fourth-order valence-corrected chi connectivity index (χ4v) is 4.82. The summed E-state index contributed by atoms with van der Waals surface area (Å²) in [4.78, 5) is 12.5. The van der Waals surface area contributed by atoms with Crippen LogP contribution >= 0.6 is 0 Å². The summed E-state index contributed by atoms with van der Waals surface area (Å²) in [5.74, 6) is 0.0423. The van der Waals surface area contributed by atoms with E-state index in [1.54, 1.807) is 24.3 Å². The number of hydrogen-bond donors (Lipinski definition) is 2. The van der Waals surface area contributed by atoms with E-state index >= 15 is 0 Å². The largest absolute Gasteiger partial charge is 0.462 e. The third-order valence-electron chi connectivity index (χ3n) is 5.80. The average molecular weight is 441 g/mol. The normalized spacial score (nSPS) is 22.4. The lowest BCUT2D eigenvalue weighted by Crippen LogP contribution is -2.29. The van der Waals surface area contributed by atoms with E-state index in [2.05, 4.69) is 17.5 Å². The van der Waals surface area contributed by atoms with Crippen molar-refractivity contribution in [2.24, 2.45) is 16.5 Å². The number of carbonyl (C=O) groups excluding carboxylic acids is 1. The maximum Gasteiger partial charge on any atom is 0.338 e. The fourth-order valence-electron chi connectivity index (χ4n) is 4.27. The first-order valence-corrected chi connectivity index (χ1v) is 11.9. The van der Waals surface area contributed by atoms with Gasteiger partial charge in [0.1, 0.15) is 0 Å². The molecule has 31 heavy (non-hydrogen) atoms. The van der Waals surface area contributed by atoms with E-state index in [4.69, 9.17) is 9.88 Å². The average Bonchev–Trinajstić information content (AvgIpc) is 3.20. The van der Waals surface area contributed by atoms with Gasteiger partial charge in [0, 0.05) is 11.6 Å². The van der Waals surface area contributed by atoms with Crippen LogP contribution in [0.15, 0.2) is 59.5 Å². The van der Waals surface area contributed by atoms with Gasteiger partial charge in [0.15, 0.2) is 0 Å². The molecular weight excluding hydrogens is 412 g/mol. The second kappa shape index (κ2) is 7.80. The first-order valence-electron chi connectivity index (χ1n) is 10.4. The number of sulfonamides is 1. The van der Waals surface area contributed by atoms with E-state index < -0.39 is 10.0 Å². The Hall–Kier alpha value is -2.64. The van der Waals surface area contributed by atoms with Gasteiger partial charge in [0.2, 0.25) is 10.0 Å². The highest BCUT2D eigenvalue weighted by atomic mass is 32.2. The molecule has 0 saturated heterocycles. The van der Waals surface area contributed by atoms with Crippen LogP contribution in [0.25, 0.3) is 0 Å². The van der Waals surface area contributed by atoms with Gasteiger partial charge in [-0.15, -0.1) is 0 Å². The number of anilines is 1. The van der Waals surface area contributed by atoms with E-state index in [9.17, 15) is 13.2 Å². The number of nitrogens with two attached hydrogens (primary N) is 1. The first-order chi connectivity index (χ1) is 14.5. The molecule has 1 heterocycles. The highest BCUT2D eigenvalue weighted by Crippen LogP contribution is 2.50. The second-order valence-corrected chi connectivity index (χ2v) is 11.1. The molecule has 0 saturated carbocycles. The van der Waals surface area contributed by atoms with Gasteiger partial charge < -0.3 is 10.1 Å². The molecule has 0 amide bonds. The highest BCUT2D eigenvalue weighted by Gasteiger charge is 2.38. The van der Waals surface area contributed by atoms with Gasteiger partial charge in [-0.05, 0) is 59.2 Å². The maximum absolute atomic E-state index is 12.3. The third-order valence-corrected chi connectivity index (χ3v) is 6.72. The van der Waals surface area contributed by atoms with Crippen LogP contribution in [0.2, 0.25) is 0 Å². The van der Waals surface area contributed by atoms with Crippen LogP contribution in [-0.4, -0.2) is 21.0 Å². The SMILES string of the molecule is CC(C)(C)COC(=O)c1ccc([C@H]2Nc3ccc(S(N)(=O)=O)cc3[C@H]3C=CC[C@H]32)cc1. The van der Waals surface area contributed by atoms with Crippen LogP contribution in [-0.2, 0) is 14.8 Å². The summed E-state index contributed by atoms with van der Waals surface area (Å²) in [6.45, 7) is 6.43. The Kier molecular flexibility index (Phi) is 5.43. The van der Waals surface area contributed by atoms with Crippen molar-refractivity contribution < 1.29 is 17.9 Å². The minimum absolute atomic E-state index is 0.0486. The quantitative estimate of drug-likeness (QED) is 0.544. The molecule has 1 aliphatic carbocycles. The minimum Gasteiger partial charge on any atom is -0.462 e. The number of hydrogen-bond acceptors (Lipinski definition) is 5. The molecule has 0 radical (unpaired) electrons. The number of nitrogens with one attached hydrogen (secondary N) is 1. The Balaban J connectivity index is 1.58. The summed E-state index contributed by atoms with van der Waals surface area (Å²) in [5.41, 5.74) is 3.38. The molecule has 1 aliphatic heterocycles. The Morgan fingerprint density at radius 2 is 1.87 bits per heavy atom. The molecule has 0 bridgehead atoms. The van der Waals surface area contributed by atoms with Crippen molar-refractivity contribution in [2.75, 3.05) is 11.9 Å². The molecule has 0 aromatic heterocycles. The zero-order chi connectivity index (χ0) is 22.4. The lowest BCUT2D eigenvalue weighted by molar-refractivity contribution is 0.0367. The first kappa shape index (κ1) is 21.6. The summed E-state index contributed by atoms with van der Waals surface area (Å²) in [5, 5.41) is 8.89. The summed E-state index contributed by atoms with van der Waals surface area (Å²) in [6.07, 6.45) is 5.17. The van der Waals surface area contributed by atoms with Crippen LogP contribution in [0.5, 0.6) is 0 Å². The topological polar surface area (TPSA) is 98.5 Å². The second-order valence-electron chi connectivity index (χ2n) is 9.53. The fraction of sp³-hybridized carbons (Fsp3) is 0.375.